The molecule has 0 aliphatic carbocycles. The number of fused-ring (bicyclic) bond motifs is 1. The van der Waals surface area contributed by atoms with Gasteiger partial charge in [-0.3, -0.25) is 23.9 Å². The van der Waals surface area contributed by atoms with E-state index in [1.807, 2.05) is 0 Å². The van der Waals surface area contributed by atoms with Crippen molar-refractivity contribution in [2.75, 3.05) is 19.4 Å². The van der Waals surface area contributed by atoms with E-state index in [-0.39, 0.29) is 35.6 Å². The third-order valence-corrected chi connectivity index (χ3v) is 5.88. The van der Waals surface area contributed by atoms with E-state index < -0.39 is 11.4 Å². The van der Waals surface area contributed by atoms with E-state index in [2.05, 4.69) is 29.1 Å². The Morgan fingerprint density at radius 1 is 1.31 bits per heavy atom. The average Bonchev–Trinajstić information content (AvgIpc) is 3.25. The minimum atomic E-state index is -0.466. The maximum absolute atomic E-state index is 14.4. The first-order valence-electron chi connectivity index (χ1n) is 11.8. The number of pyridine rings is 2. The van der Waals surface area contributed by atoms with E-state index in [1.165, 1.54) is 33.9 Å². The predicted molar refractivity (Wildman–Crippen MR) is 140 cm³/mol. The van der Waals surface area contributed by atoms with Gasteiger partial charge in [-0.25, -0.2) is 4.39 Å². The molecule has 0 saturated carbocycles. The second kappa shape index (κ2) is 12.0. The number of anilines is 1. The van der Waals surface area contributed by atoms with Crippen molar-refractivity contribution >= 4 is 40.0 Å². The zero-order valence-corrected chi connectivity index (χ0v) is 21.7. The van der Waals surface area contributed by atoms with Crippen LogP contribution in [-0.2, 0) is 22.6 Å². The van der Waals surface area contributed by atoms with Crippen LogP contribution < -0.4 is 10.9 Å². The number of carbonyl (C=O) groups excluding carboxylic acids is 2. The van der Waals surface area contributed by atoms with Gasteiger partial charge in [-0.1, -0.05) is 31.5 Å². The Morgan fingerprint density at radius 3 is 2.75 bits per heavy atom. The van der Waals surface area contributed by atoms with Crippen LogP contribution in [0.4, 0.5) is 10.1 Å². The summed E-state index contributed by atoms with van der Waals surface area (Å²) < 4.78 is 15.7. The molecule has 0 saturated heterocycles. The van der Waals surface area contributed by atoms with Gasteiger partial charge in [0.1, 0.15) is 10.8 Å². The monoisotopic (exact) mass is 515 g/mol. The third kappa shape index (κ3) is 6.81. The van der Waals surface area contributed by atoms with Crippen LogP contribution in [0.5, 0.6) is 0 Å². The van der Waals surface area contributed by atoms with Crippen LogP contribution in [0.3, 0.4) is 0 Å². The largest absolute Gasteiger partial charge is 0.355 e. The number of nitrogens with one attached hydrogen (secondary N) is 2. The summed E-state index contributed by atoms with van der Waals surface area (Å²) >= 11 is 6.30. The highest BCUT2D eigenvalue weighted by Crippen LogP contribution is 2.24. The Bertz CT molecular complexity index is 1340. The van der Waals surface area contributed by atoms with Crippen molar-refractivity contribution in [2.24, 2.45) is 5.92 Å². The van der Waals surface area contributed by atoms with Crippen LogP contribution in [0.25, 0.3) is 10.9 Å². The molecule has 3 aromatic heterocycles. The van der Waals surface area contributed by atoms with Gasteiger partial charge in [0.05, 0.1) is 24.0 Å². The van der Waals surface area contributed by atoms with Crippen LogP contribution in [0.2, 0.25) is 5.15 Å². The van der Waals surface area contributed by atoms with Gasteiger partial charge in [0, 0.05) is 31.6 Å². The molecule has 0 atom stereocenters. The lowest BCUT2D eigenvalue weighted by atomic mass is 10.1. The summed E-state index contributed by atoms with van der Waals surface area (Å²) in [5.41, 5.74) is 1.59. The number of hydrogen-bond acceptors (Lipinski definition) is 4. The summed E-state index contributed by atoms with van der Waals surface area (Å²) in [7, 11) is 3.33. The number of carbonyl (C=O) groups is 2. The number of unbranched alkanes of at least 4 members (excludes halogenated alkanes) is 1. The minimum Gasteiger partial charge on any atom is -0.355 e. The van der Waals surface area contributed by atoms with Crippen LogP contribution in [0, 0.1) is 11.7 Å². The molecule has 3 aromatic rings. The molecule has 0 aliphatic heterocycles. The van der Waals surface area contributed by atoms with E-state index in [0.717, 1.165) is 5.69 Å². The summed E-state index contributed by atoms with van der Waals surface area (Å²) in [6.45, 7) is 4.19. The van der Waals surface area contributed by atoms with Gasteiger partial charge in [-0.15, -0.1) is 0 Å². The molecule has 2 amide bonds. The predicted octanol–water partition coefficient (Wildman–Crippen LogP) is 4.52. The SMILES string of the molecule is CC(C)Cc1ncc(F)c2cc(Cn3c(Cl)ccc(NC(=O)CCC/C=C/C(=O)N(C)C)c3=O)[nH]c12. The highest BCUT2D eigenvalue weighted by Gasteiger charge is 2.15. The first-order valence-corrected chi connectivity index (χ1v) is 12.2. The molecule has 0 radical (unpaired) electrons. The Morgan fingerprint density at radius 2 is 2.06 bits per heavy atom. The van der Waals surface area contributed by atoms with Crippen LogP contribution in [0.1, 0.15) is 44.5 Å². The molecule has 0 aliphatic rings. The standard InChI is InChI=1S/C26H31ClFN5O3/c1-16(2)12-21-25-18(19(28)14-29-21)13-17(30-25)15-33-22(27)11-10-20(26(33)36)31-23(34)8-6-5-7-9-24(35)32(3)4/h7,9-11,13-14,16,30H,5-6,8,12,15H2,1-4H3,(H,31,34)/b9-7+. The van der Waals surface area contributed by atoms with E-state index in [4.69, 9.17) is 11.6 Å². The lowest BCUT2D eigenvalue weighted by Gasteiger charge is -2.11. The smallest absolute Gasteiger partial charge is 0.275 e. The van der Waals surface area contributed by atoms with Gasteiger partial charge >= 0.3 is 0 Å². The number of amides is 2. The van der Waals surface area contributed by atoms with Gasteiger partial charge in [0.15, 0.2) is 5.82 Å². The molecule has 0 spiro atoms. The second-order valence-electron chi connectivity index (χ2n) is 9.27. The number of aromatic nitrogens is 3. The van der Waals surface area contributed by atoms with E-state index >= 15 is 0 Å². The number of rotatable bonds is 10. The van der Waals surface area contributed by atoms with E-state index in [9.17, 15) is 18.8 Å². The van der Waals surface area contributed by atoms with Gasteiger partial charge < -0.3 is 15.2 Å². The molecule has 10 heteroatoms. The molecule has 3 heterocycles. The minimum absolute atomic E-state index is 0.0707. The number of nitrogens with zero attached hydrogens (tertiary/aromatic N) is 3. The van der Waals surface area contributed by atoms with Crippen molar-refractivity contribution in [2.45, 2.75) is 46.1 Å². The topological polar surface area (TPSA) is 100 Å². The first kappa shape index (κ1) is 27.1. The average molecular weight is 516 g/mol. The highest BCUT2D eigenvalue weighted by atomic mass is 35.5. The summed E-state index contributed by atoms with van der Waals surface area (Å²) in [5, 5.41) is 3.23. The Hall–Kier alpha value is -3.46. The van der Waals surface area contributed by atoms with Crippen LogP contribution in [-0.4, -0.2) is 45.3 Å². The highest BCUT2D eigenvalue weighted by molar-refractivity contribution is 6.29. The Kier molecular flexibility index (Phi) is 9.03. The van der Waals surface area contributed by atoms with Crippen LogP contribution in [0.15, 0.2) is 41.3 Å². The van der Waals surface area contributed by atoms with Crippen molar-refractivity contribution < 1.29 is 14.0 Å². The third-order valence-electron chi connectivity index (χ3n) is 5.55. The molecule has 0 unspecified atom stereocenters. The maximum Gasteiger partial charge on any atom is 0.275 e. The fraction of sp³-hybridized carbons (Fsp3) is 0.385. The molecule has 0 fully saturated rings. The molecule has 8 nitrogen and oxygen atoms in total. The summed E-state index contributed by atoms with van der Waals surface area (Å²) in [6.07, 6.45) is 6.35. The number of aromatic amines is 1. The van der Waals surface area contributed by atoms with Gasteiger partial charge in [0.2, 0.25) is 11.8 Å². The lowest BCUT2D eigenvalue weighted by molar-refractivity contribution is -0.123. The van der Waals surface area contributed by atoms with Crippen LogP contribution >= 0.6 is 11.6 Å². The van der Waals surface area contributed by atoms with Crippen molar-refractivity contribution in [3.8, 4) is 0 Å². The van der Waals surface area contributed by atoms with Gasteiger partial charge in [-0.05, 0) is 49.5 Å². The maximum atomic E-state index is 14.4. The molecular weight excluding hydrogens is 485 g/mol. The Labute approximate surface area is 214 Å². The molecular formula is C26H31ClFN5O3. The number of hydrogen-bond donors (Lipinski definition) is 2. The lowest BCUT2D eigenvalue weighted by Crippen LogP contribution is -2.26. The number of H-pyrrole nitrogens is 1. The van der Waals surface area contributed by atoms with Gasteiger partial charge in [0.25, 0.3) is 5.56 Å². The van der Waals surface area contributed by atoms with Crippen molar-refractivity contribution in [3.05, 3.63) is 69.3 Å². The summed E-state index contributed by atoms with van der Waals surface area (Å²) in [6, 6.07) is 4.65. The van der Waals surface area contributed by atoms with Crippen molar-refractivity contribution in [3.63, 3.8) is 0 Å². The normalized spacial score (nSPS) is 11.5. The quantitative estimate of drug-likeness (QED) is 0.235. The molecule has 192 valence electrons. The molecule has 0 aromatic carbocycles. The number of likely N-dealkylation sites (N-methyl/N-ethyl adjacent to an activating group) is 1. The molecule has 36 heavy (non-hydrogen) atoms. The fourth-order valence-corrected chi connectivity index (χ4v) is 3.92. The van der Waals surface area contributed by atoms with Crippen molar-refractivity contribution in [1.29, 1.82) is 0 Å². The zero-order chi connectivity index (χ0) is 26.4. The van der Waals surface area contributed by atoms with E-state index in [0.29, 0.717) is 41.8 Å². The number of halogens is 2. The zero-order valence-electron chi connectivity index (χ0n) is 20.9. The molecule has 0 bridgehead atoms. The van der Waals surface area contributed by atoms with E-state index in [1.54, 1.807) is 26.2 Å². The van der Waals surface area contributed by atoms with Crippen molar-refractivity contribution in [1.82, 2.24) is 19.4 Å². The van der Waals surface area contributed by atoms with Gasteiger partial charge in [-0.2, -0.15) is 0 Å². The second-order valence-corrected chi connectivity index (χ2v) is 9.66. The Balaban J connectivity index is 1.72. The summed E-state index contributed by atoms with van der Waals surface area (Å²) in [5.74, 6) is -0.538. The number of allylic oxidation sites excluding steroid dienone is 1. The molecule has 2 N–H and O–H groups in total. The first-order chi connectivity index (χ1) is 17.1. The fourth-order valence-electron chi connectivity index (χ4n) is 3.72. The molecule has 3 rings (SSSR count). The summed E-state index contributed by atoms with van der Waals surface area (Å²) in [4.78, 5) is 45.8.